The highest BCUT2D eigenvalue weighted by molar-refractivity contribution is 6.05. The molecule has 5 aliphatic carbocycles. The van der Waals surface area contributed by atoms with Gasteiger partial charge in [-0.2, -0.15) is 5.26 Å². The SMILES string of the molecule is COC(=O)[C@H]1CC[C@]2(C)CC[C@]3(C)C(=CC(=O)[C@@H]4[C@@]5(C)C=C(C#N)C(=O)C(C)(C)[C@@H]5CC[C@]43C)[C@@H]2C1. The average Bonchev–Trinajstić information content (AvgIpc) is 2.82. The Labute approximate surface area is 215 Å². The van der Waals surface area contributed by atoms with Crippen LogP contribution in [0.15, 0.2) is 23.3 Å². The van der Waals surface area contributed by atoms with Gasteiger partial charge in [0.1, 0.15) is 6.07 Å². The lowest BCUT2D eigenvalue weighted by atomic mass is 9.34. The highest BCUT2D eigenvalue weighted by atomic mass is 16.5. The standard InChI is InChI=1S/C31H41NO4/c1-27(2)23-9-11-31(6)24(29(23,4)16-19(17-32)25(27)34)22(33)15-21-20-14-18(26(35)36-7)8-10-28(20,3)12-13-30(21,31)5/h15-16,18,20,23-24H,8-14H2,1-7H3/t18-,20-,23-,24+,28+,29-,30+,31+/m0/s1. The van der Waals surface area contributed by atoms with Crippen molar-refractivity contribution in [1.82, 2.24) is 0 Å². The molecule has 3 saturated carbocycles. The summed E-state index contributed by atoms with van der Waals surface area (Å²) >= 11 is 0. The van der Waals surface area contributed by atoms with Gasteiger partial charge in [-0.1, -0.05) is 53.2 Å². The van der Waals surface area contributed by atoms with Gasteiger partial charge in [0, 0.05) is 16.7 Å². The summed E-state index contributed by atoms with van der Waals surface area (Å²) in [5.74, 6) is -0.272. The lowest BCUT2D eigenvalue weighted by Gasteiger charge is -2.68. The Hall–Kier alpha value is -2.22. The second kappa shape index (κ2) is 7.65. The van der Waals surface area contributed by atoms with Crippen molar-refractivity contribution in [3.63, 3.8) is 0 Å². The minimum absolute atomic E-state index is 0.0161. The van der Waals surface area contributed by atoms with Crippen LogP contribution in [0.2, 0.25) is 0 Å². The average molecular weight is 492 g/mol. The third kappa shape index (κ3) is 2.96. The predicted molar refractivity (Wildman–Crippen MR) is 136 cm³/mol. The molecular formula is C31H41NO4. The number of ketones is 2. The minimum Gasteiger partial charge on any atom is -0.469 e. The van der Waals surface area contributed by atoms with Crippen LogP contribution in [-0.4, -0.2) is 24.6 Å². The van der Waals surface area contributed by atoms with Crippen LogP contribution in [0.1, 0.15) is 86.5 Å². The quantitative estimate of drug-likeness (QED) is 0.421. The van der Waals surface area contributed by atoms with Gasteiger partial charge in [0.25, 0.3) is 0 Å². The first kappa shape index (κ1) is 25.4. The lowest BCUT2D eigenvalue weighted by Crippen LogP contribution is -2.65. The molecule has 0 unspecified atom stereocenters. The molecule has 0 aromatic heterocycles. The fourth-order valence-electron chi connectivity index (χ4n) is 10.0. The second-order valence-electron chi connectivity index (χ2n) is 14.1. The summed E-state index contributed by atoms with van der Waals surface area (Å²) in [5.41, 5.74) is -0.150. The van der Waals surface area contributed by atoms with Gasteiger partial charge in [0.2, 0.25) is 0 Å². The number of ether oxygens (including phenoxy) is 1. The fraction of sp³-hybridized carbons (Fsp3) is 0.742. The number of hydrogen-bond donors (Lipinski definition) is 0. The van der Waals surface area contributed by atoms with E-state index in [1.54, 1.807) is 0 Å². The molecule has 0 spiro atoms. The zero-order chi connectivity index (χ0) is 26.5. The number of fused-ring (bicyclic) bond motifs is 7. The van der Waals surface area contributed by atoms with E-state index in [0.717, 1.165) is 44.9 Å². The number of carbonyl (C=O) groups is 3. The lowest BCUT2D eigenvalue weighted by molar-refractivity contribution is -0.170. The Morgan fingerprint density at radius 2 is 1.72 bits per heavy atom. The van der Waals surface area contributed by atoms with Gasteiger partial charge in [-0.25, -0.2) is 0 Å². The molecule has 0 aliphatic heterocycles. The van der Waals surface area contributed by atoms with Gasteiger partial charge in [0.05, 0.1) is 18.6 Å². The molecule has 0 saturated heterocycles. The van der Waals surface area contributed by atoms with Crippen molar-refractivity contribution in [3.8, 4) is 6.07 Å². The van der Waals surface area contributed by atoms with E-state index in [4.69, 9.17) is 4.74 Å². The fourth-order valence-corrected chi connectivity index (χ4v) is 10.0. The molecule has 5 nitrogen and oxygen atoms in total. The summed E-state index contributed by atoms with van der Waals surface area (Å²) in [7, 11) is 1.47. The molecule has 8 atom stereocenters. The summed E-state index contributed by atoms with van der Waals surface area (Å²) in [6.45, 7) is 13.1. The van der Waals surface area contributed by atoms with E-state index in [2.05, 4.69) is 33.8 Å². The predicted octanol–water partition coefficient (Wildman–Crippen LogP) is 5.99. The van der Waals surface area contributed by atoms with Gasteiger partial charge >= 0.3 is 5.97 Å². The summed E-state index contributed by atoms with van der Waals surface area (Å²) in [6.07, 6.45) is 10.2. The van der Waals surface area contributed by atoms with Crippen molar-refractivity contribution in [2.75, 3.05) is 7.11 Å². The molecule has 3 fully saturated rings. The number of methoxy groups -OCH3 is 1. The molecule has 0 amide bonds. The molecule has 0 heterocycles. The molecule has 0 aromatic rings. The molecule has 5 rings (SSSR count). The summed E-state index contributed by atoms with van der Waals surface area (Å²) in [6, 6.07) is 2.16. The van der Waals surface area contributed by atoms with E-state index in [0.29, 0.717) is 0 Å². The third-order valence-electron chi connectivity index (χ3n) is 12.3. The Morgan fingerprint density at radius 3 is 2.36 bits per heavy atom. The molecular weight excluding hydrogens is 450 g/mol. The highest BCUT2D eigenvalue weighted by Crippen LogP contribution is 2.74. The monoisotopic (exact) mass is 491 g/mol. The largest absolute Gasteiger partial charge is 0.469 e. The van der Waals surface area contributed by atoms with Gasteiger partial charge < -0.3 is 4.74 Å². The molecule has 5 heteroatoms. The van der Waals surface area contributed by atoms with Crippen molar-refractivity contribution in [2.45, 2.75) is 86.5 Å². The highest BCUT2D eigenvalue weighted by Gasteiger charge is 2.69. The van der Waals surface area contributed by atoms with Crippen molar-refractivity contribution in [1.29, 1.82) is 5.26 Å². The maximum atomic E-state index is 14.3. The molecule has 0 aromatic carbocycles. The van der Waals surface area contributed by atoms with Crippen LogP contribution in [-0.2, 0) is 19.1 Å². The summed E-state index contributed by atoms with van der Waals surface area (Å²) in [5, 5.41) is 9.84. The summed E-state index contributed by atoms with van der Waals surface area (Å²) in [4.78, 5) is 39.9. The smallest absolute Gasteiger partial charge is 0.308 e. The number of rotatable bonds is 1. The molecule has 194 valence electrons. The van der Waals surface area contributed by atoms with Crippen molar-refractivity contribution in [3.05, 3.63) is 23.3 Å². The Balaban J connectivity index is 1.65. The minimum atomic E-state index is -0.677. The van der Waals surface area contributed by atoms with E-state index in [1.165, 1.54) is 12.7 Å². The van der Waals surface area contributed by atoms with Crippen LogP contribution in [0, 0.1) is 62.1 Å². The Morgan fingerprint density at radius 1 is 1.03 bits per heavy atom. The topological polar surface area (TPSA) is 84.2 Å². The maximum Gasteiger partial charge on any atom is 0.308 e. The van der Waals surface area contributed by atoms with Gasteiger partial charge in [-0.15, -0.1) is 0 Å². The number of nitrogens with zero attached hydrogens (tertiary/aromatic N) is 1. The number of allylic oxidation sites excluding steroid dienone is 4. The van der Waals surface area contributed by atoms with Crippen LogP contribution >= 0.6 is 0 Å². The number of esters is 1. The Kier molecular flexibility index (Phi) is 5.40. The van der Waals surface area contributed by atoms with E-state index in [9.17, 15) is 19.6 Å². The van der Waals surface area contributed by atoms with Crippen LogP contribution in [0.25, 0.3) is 0 Å². The van der Waals surface area contributed by atoms with E-state index >= 15 is 0 Å². The van der Waals surface area contributed by atoms with Crippen LogP contribution in [0.4, 0.5) is 0 Å². The van der Waals surface area contributed by atoms with E-state index < -0.39 is 10.8 Å². The van der Waals surface area contributed by atoms with Gasteiger partial charge in [0.15, 0.2) is 11.6 Å². The first-order chi connectivity index (χ1) is 16.7. The molecule has 0 radical (unpaired) electrons. The van der Waals surface area contributed by atoms with Gasteiger partial charge in [-0.3, -0.25) is 14.4 Å². The third-order valence-corrected chi connectivity index (χ3v) is 12.3. The molecule has 5 aliphatic rings. The molecule has 0 N–H and O–H groups in total. The van der Waals surface area contributed by atoms with Crippen LogP contribution in [0.3, 0.4) is 0 Å². The van der Waals surface area contributed by atoms with E-state index in [1.807, 2.05) is 26.0 Å². The number of nitriles is 1. The first-order valence-corrected chi connectivity index (χ1v) is 13.7. The van der Waals surface area contributed by atoms with Crippen LogP contribution < -0.4 is 0 Å². The van der Waals surface area contributed by atoms with E-state index in [-0.39, 0.29) is 63.0 Å². The normalized spacial score (nSPS) is 47.2. The van der Waals surface area contributed by atoms with Crippen LogP contribution in [0.5, 0.6) is 0 Å². The number of hydrogen-bond acceptors (Lipinski definition) is 5. The summed E-state index contributed by atoms with van der Waals surface area (Å²) < 4.78 is 5.13. The molecule has 0 bridgehead atoms. The number of Topliss-reactive ketones (excluding diaryl/α,β-unsaturated/α-hetero) is 1. The van der Waals surface area contributed by atoms with Crippen molar-refractivity contribution < 1.29 is 19.1 Å². The van der Waals surface area contributed by atoms with Crippen molar-refractivity contribution in [2.24, 2.45) is 50.7 Å². The Bertz CT molecular complexity index is 1160. The zero-order valence-electron chi connectivity index (χ0n) is 23.0. The number of carbonyl (C=O) groups excluding carboxylic acids is 3. The molecule has 36 heavy (non-hydrogen) atoms. The zero-order valence-corrected chi connectivity index (χ0v) is 23.0. The second-order valence-corrected chi connectivity index (χ2v) is 14.1. The van der Waals surface area contributed by atoms with Crippen molar-refractivity contribution >= 4 is 17.5 Å². The maximum absolute atomic E-state index is 14.3. The van der Waals surface area contributed by atoms with Gasteiger partial charge in [-0.05, 0) is 79.1 Å². The first-order valence-electron chi connectivity index (χ1n) is 13.7.